The van der Waals surface area contributed by atoms with Crippen LogP contribution in [0.4, 0.5) is 17.3 Å². The number of nitrogens with zero attached hydrogens (tertiary/aromatic N) is 8. The van der Waals surface area contributed by atoms with Gasteiger partial charge in [-0.3, -0.25) is 4.79 Å². The zero-order chi connectivity index (χ0) is 22.4. The van der Waals surface area contributed by atoms with Crippen molar-refractivity contribution in [3.05, 3.63) is 71.8 Å². The van der Waals surface area contributed by atoms with E-state index in [1.54, 1.807) is 10.7 Å². The van der Waals surface area contributed by atoms with Crippen molar-refractivity contribution in [3.8, 4) is 0 Å². The Morgan fingerprint density at radius 3 is 2.58 bits per heavy atom. The zero-order valence-electron chi connectivity index (χ0n) is 18.4. The first-order valence-electron chi connectivity index (χ1n) is 11.2. The van der Waals surface area contributed by atoms with Crippen molar-refractivity contribution in [1.29, 1.82) is 0 Å². The molecule has 0 spiro atoms. The Morgan fingerprint density at radius 2 is 1.76 bits per heavy atom. The van der Waals surface area contributed by atoms with Crippen LogP contribution in [0.5, 0.6) is 0 Å². The number of fused-ring (bicyclic) bond motifs is 2. The third-order valence-corrected chi connectivity index (χ3v) is 6.42. The van der Waals surface area contributed by atoms with Crippen molar-refractivity contribution in [2.24, 2.45) is 0 Å². The quantitative estimate of drug-likeness (QED) is 0.484. The number of pyridine rings is 1. The Balaban J connectivity index is 1.14. The fourth-order valence-electron chi connectivity index (χ4n) is 4.71. The zero-order valence-corrected chi connectivity index (χ0v) is 18.4. The molecule has 9 heteroatoms. The van der Waals surface area contributed by atoms with E-state index in [0.717, 1.165) is 62.2 Å². The molecule has 9 nitrogen and oxygen atoms in total. The first-order chi connectivity index (χ1) is 16.2. The Kier molecular flexibility index (Phi) is 4.67. The maximum Gasteiger partial charge on any atom is 0.259 e. The second kappa shape index (κ2) is 7.84. The molecule has 1 amide bonds. The molecular weight excluding hydrogens is 416 g/mol. The highest BCUT2D eigenvalue weighted by Crippen LogP contribution is 2.29. The minimum absolute atomic E-state index is 0.00808. The number of piperazine rings is 1. The molecule has 166 valence electrons. The minimum atomic E-state index is 0.00808. The Hall–Kier alpha value is -4.01. The van der Waals surface area contributed by atoms with E-state index in [1.165, 1.54) is 11.9 Å². The molecule has 0 unspecified atom stereocenters. The smallest absolute Gasteiger partial charge is 0.259 e. The second-order valence-corrected chi connectivity index (χ2v) is 8.44. The fraction of sp³-hybridized carbons (Fsp3) is 0.292. The molecular formula is C24H24N8O. The van der Waals surface area contributed by atoms with E-state index in [9.17, 15) is 4.79 Å². The number of carbonyl (C=O) groups is 1. The van der Waals surface area contributed by atoms with Crippen molar-refractivity contribution in [3.63, 3.8) is 0 Å². The number of hydrogen-bond donors (Lipinski definition) is 0. The Morgan fingerprint density at radius 1 is 0.939 bits per heavy atom. The summed E-state index contributed by atoms with van der Waals surface area (Å²) in [4.78, 5) is 32.7. The van der Waals surface area contributed by atoms with Crippen LogP contribution in [-0.4, -0.2) is 63.2 Å². The molecule has 4 aromatic rings. The SMILES string of the molecule is Cc1cc(N2CCN(c3ccc(C(=O)N4CCc5ccccc54)cn3)CC2)n2ncnc2n1. The summed E-state index contributed by atoms with van der Waals surface area (Å²) in [6.45, 7) is 6.03. The number of rotatable bonds is 3. The average Bonchev–Trinajstić information content (AvgIpc) is 3.50. The van der Waals surface area contributed by atoms with Crippen molar-refractivity contribution in [2.75, 3.05) is 47.4 Å². The van der Waals surface area contributed by atoms with E-state index in [0.29, 0.717) is 11.3 Å². The van der Waals surface area contributed by atoms with E-state index in [2.05, 4.69) is 35.9 Å². The van der Waals surface area contributed by atoms with Crippen LogP contribution in [0.2, 0.25) is 0 Å². The van der Waals surface area contributed by atoms with Gasteiger partial charge in [0.15, 0.2) is 0 Å². The molecule has 6 rings (SSSR count). The second-order valence-electron chi connectivity index (χ2n) is 8.44. The minimum Gasteiger partial charge on any atom is -0.353 e. The number of para-hydroxylation sites is 1. The van der Waals surface area contributed by atoms with Crippen LogP contribution in [0, 0.1) is 6.92 Å². The summed E-state index contributed by atoms with van der Waals surface area (Å²) in [7, 11) is 0. The normalized spacial score (nSPS) is 15.8. The number of benzene rings is 1. The molecule has 0 atom stereocenters. The van der Waals surface area contributed by atoms with Crippen LogP contribution in [0.25, 0.3) is 5.78 Å². The van der Waals surface area contributed by atoms with E-state index >= 15 is 0 Å². The molecule has 1 fully saturated rings. The summed E-state index contributed by atoms with van der Waals surface area (Å²) < 4.78 is 1.79. The van der Waals surface area contributed by atoms with Gasteiger partial charge in [0.2, 0.25) is 0 Å². The maximum absolute atomic E-state index is 13.1. The standard InChI is InChI=1S/C24H24N8O/c1-17-14-22(32-24(28-17)26-16-27-32)30-12-10-29(11-13-30)21-7-6-19(15-25-21)23(33)31-9-8-18-4-2-3-5-20(18)31/h2-7,14-16H,8-13H2,1H3. The molecule has 0 N–H and O–H groups in total. The number of aryl methyl sites for hydroxylation is 1. The predicted octanol–water partition coefficient (Wildman–Crippen LogP) is 2.36. The van der Waals surface area contributed by atoms with Crippen LogP contribution in [-0.2, 0) is 6.42 Å². The highest BCUT2D eigenvalue weighted by Gasteiger charge is 2.26. The third kappa shape index (κ3) is 3.45. The molecule has 1 aromatic carbocycles. The lowest BCUT2D eigenvalue weighted by Crippen LogP contribution is -2.47. The summed E-state index contributed by atoms with van der Waals surface area (Å²) >= 11 is 0. The number of hydrogen-bond acceptors (Lipinski definition) is 7. The molecule has 5 heterocycles. The molecule has 2 aliphatic heterocycles. The molecule has 3 aromatic heterocycles. The van der Waals surface area contributed by atoms with Gasteiger partial charge in [-0.15, -0.1) is 0 Å². The van der Waals surface area contributed by atoms with Gasteiger partial charge in [0, 0.05) is 56.4 Å². The summed E-state index contributed by atoms with van der Waals surface area (Å²) in [5.41, 5.74) is 3.78. The van der Waals surface area contributed by atoms with Crippen LogP contribution in [0.1, 0.15) is 21.6 Å². The van der Waals surface area contributed by atoms with Crippen molar-refractivity contribution < 1.29 is 4.79 Å². The van der Waals surface area contributed by atoms with Crippen LogP contribution < -0.4 is 14.7 Å². The lowest BCUT2D eigenvalue weighted by molar-refractivity contribution is 0.0989. The van der Waals surface area contributed by atoms with Crippen molar-refractivity contribution in [2.45, 2.75) is 13.3 Å². The highest BCUT2D eigenvalue weighted by atomic mass is 16.2. The van der Waals surface area contributed by atoms with Gasteiger partial charge in [0.05, 0.1) is 5.56 Å². The van der Waals surface area contributed by atoms with Gasteiger partial charge in [0.1, 0.15) is 18.0 Å². The Bertz CT molecular complexity index is 1320. The van der Waals surface area contributed by atoms with Gasteiger partial charge in [-0.1, -0.05) is 18.2 Å². The largest absolute Gasteiger partial charge is 0.353 e. The van der Waals surface area contributed by atoms with Gasteiger partial charge < -0.3 is 14.7 Å². The van der Waals surface area contributed by atoms with Crippen molar-refractivity contribution in [1.82, 2.24) is 24.6 Å². The number of aromatic nitrogens is 5. The molecule has 1 saturated heterocycles. The van der Waals surface area contributed by atoms with E-state index < -0.39 is 0 Å². The first kappa shape index (κ1) is 19.7. The highest BCUT2D eigenvalue weighted by molar-refractivity contribution is 6.07. The molecule has 0 bridgehead atoms. The van der Waals surface area contributed by atoms with Crippen LogP contribution in [0.3, 0.4) is 0 Å². The van der Waals surface area contributed by atoms with Gasteiger partial charge in [-0.2, -0.15) is 14.6 Å². The summed E-state index contributed by atoms with van der Waals surface area (Å²) in [6, 6.07) is 14.0. The predicted molar refractivity (Wildman–Crippen MR) is 126 cm³/mol. The molecule has 0 saturated carbocycles. The third-order valence-electron chi connectivity index (χ3n) is 6.42. The van der Waals surface area contributed by atoms with Crippen LogP contribution >= 0.6 is 0 Å². The topological polar surface area (TPSA) is 82.8 Å². The van der Waals surface area contributed by atoms with E-state index in [-0.39, 0.29) is 5.91 Å². The number of amides is 1. The summed E-state index contributed by atoms with van der Waals surface area (Å²) in [6.07, 6.45) is 4.14. The molecule has 0 aliphatic carbocycles. The van der Waals surface area contributed by atoms with Gasteiger partial charge in [-0.05, 0) is 37.1 Å². The van der Waals surface area contributed by atoms with Crippen LogP contribution in [0.15, 0.2) is 55.0 Å². The Labute approximate surface area is 191 Å². The van der Waals surface area contributed by atoms with Gasteiger partial charge in [0.25, 0.3) is 11.7 Å². The fourth-order valence-corrected chi connectivity index (χ4v) is 4.71. The van der Waals surface area contributed by atoms with Gasteiger partial charge in [-0.25, -0.2) is 9.97 Å². The lowest BCUT2D eigenvalue weighted by Gasteiger charge is -2.36. The number of anilines is 3. The number of carbonyl (C=O) groups excluding carboxylic acids is 1. The summed E-state index contributed by atoms with van der Waals surface area (Å²) in [5.74, 6) is 2.53. The first-order valence-corrected chi connectivity index (χ1v) is 11.2. The molecule has 0 radical (unpaired) electrons. The van der Waals surface area contributed by atoms with Gasteiger partial charge >= 0.3 is 0 Å². The van der Waals surface area contributed by atoms with Crippen molar-refractivity contribution >= 4 is 29.0 Å². The average molecular weight is 441 g/mol. The molecule has 2 aliphatic rings. The summed E-state index contributed by atoms with van der Waals surface area (Å²) in [5, 5.41) is 4.32. The maximum atomic E-state index is 13.1. The van der Waals surface area contributed by atoms with E-state index in [4.69, 9.17) is 0 Å². The lowest BCUT2D eigenvalue weighted by atomic mass is 10.2. The molecule has 33 heavy (non-hydrogen) atoms. The van der Waals surface area contributed by atoms with E-state index in [1.807, 2.05) is 48.2 Å². The monoisotopic (exact) mass is 440 g/mol.